The van der Waals surface area contributed by atoms with E-state index < -0.39 is 40.8 Å². The topological polar surface area (TPSA) is 149 Å². The minimum absolute atomic E-state index is 0.220. The van der Waals surface area contributed by atoms with Gasteiger partial charge in [-0.2, -0.15) is 0 Å². The van der Waals surface area contributed by atoms with Crippen LogP contribution in [0.2, 0.25) is 0 Å². The number of aromatic nitrogens is 2. The molecule has 0 aliphatic heterocycles. The molecule has 0 aliphatic rings. The first-order valence-electron chi connectivity index (χ1n) is 16.3. The van der Waals surface area contributed by atoms with E-state index in [4.69, 9.17) is 14.2 Å². The third kappa shape index (κ3) is 14.5. The molecule has 0 radical (unpaired) electrons. The summed E-state index contributed by atoms with van der Waals surface area (Å²) in [4.78, 5) is 56.4. The number of benzene rings is 2. The van der Waals surface area contributed by atoms with Gasteiger partial charge < -0.3 is 29.8 Å². The minimum atomic E-state index is -0.939. The third-order valence-electron chi connectivity index (χ3n) is 6.68. The Hall–Kier alpha value is -4.67. The Kier molecular flexibility index (Phi) is 13.7. The zero-order valence-electron chi connectivity index (χ0n) is 31.0. The van der Waals surface area contributed by atoms with E-state index >= 15 is 0 Å². The molecule has 0 unspecified atom stereocenters. The number of carbonyl (C=O) groups excluding carboxylic acids is 4. The minimum Gasteiger partial charge on any atom is -0.456 e. The molecule has 11 heteroatoms. The number of nitrogens with zero attached hydrogens (tertiary/aromatic N) is 1. The summed E-state index contributed by atoms with van der Waals surface area (Å²) >= 11 is 0. The Morgan fingerprint density at radius 1 is 0.694 bits per heavy atom. The van der Waals surface area contributed by atoms with E-state index in [0.29, 0.717) is 11.4 Å². The first-order chi connectivity index (χ1) is 22.5. The van der Waals surface area contributed by atoms with E-state index in [1.807, 2.05) is 51.1 Å². The fourth-order valence-corrected chi connectivity index (χ4v) is 4.35. The molecule has 1 heterocycles. The number of amides is 2. The largest absolute Gasteiger partial charge is 0.456 e. The van der Waals surface area contributed by atoms with Crippen LogP contribution in [-0.4, -0.2) is 57.8 Å². The molecule has 268 valence electrons. The van der Waals surface area contributed by atoms with Gasteiger partial charge in [-0.1, -0.05) is 102 Å². The summed E-state index contributed by atoms with van der Waals surface area (Å²) in [6.45, 7) is 21.9. The molecule has 1 aromatic heterocycles. The molecule has 2 amide bonds. The molecule has 0 saturated heterocycles. The van der Waals surface area contributed by atoms with Crippen molar-refractivity contribution in [3.05, 3.63) is 78.2 Å². The molecule has 3 aromatic rings. The molecule has 2 atom stereocenters. The number of ether oxygens (including phenoxy) is 3. The number of imidazole rings is 1. The molecule has 49 heavy (non-hydrogen) atoms. The second-order valence-electron chi connectivity index (χ2n) is 15.8. The lowest BCUT2D eigenvalue weighted by Crippen LogP contribution is -2.51. The lowest BCUT2D eigenvalue weighted by Gasteiger charge is -2.31. The molecular weight excluding hydrogens is 624 g/mol. The van der Waals surface area contributed by atoms with Crippen molar-refractivity contribution >= 4 is 23.9 Å². The van der Waals surface area contributed by atoms with Crippen LogP contribution in [0.4, 0.5) is 9.59 Å². The van der Waals surface area contributed by atoms with Crippen LogP contribution in [0, 0.1) is 10.8 Å². The van der Waals surface area contributed by atoms with E-state index in [2.05, 4.69) is 41.4 Å². The van der Waals surface area contributed by atoms with Gasteiger partial charge in [0.15, 0.2) is 12.4 Å². The van der Waals surface area contributed by atoms with Crippen LogP contribution < -0.4 is 10.6 Å². The van der Waals surface area contributed by atoms with Gasteiger partial charge in [0.25, 0.3) is 0 Å². The number of H-pyrrole nitrogens is 1. The van der Waals surface area contributed by atoms with Crippen LogP contribution in [0.15, 0.2) is 66.9 Å². The van der Waals surface area contributed by atoms with Crippen molar-refractivity contribution in [2.45, 2.75) is 106 Å². The molecule has 0 saturated carbocycles. The van der Waals surface area contributed by atoms with Gasteiger partial charge in [-0.15, -0.1) is 0 Å². The highest BCUT2D eigenvalue weighted by Gasteiger charge is 2.36. The van der Waals surface area contributed by atoms with E-state index in [0.717, 1.165) is 11.3 Å². The van der Waals surface area contributed by atoms with Crippen LogP contribution in [0.3, 0.4) is 0 Å². The van der Waals surface area contributed by atoms with E-state index in [9.17, 15) is 19.2 Å². The van der Waals surface area contributed by atoms with Gasteiger partial charge in [0.05, 0.1) is 17.9 Å². The highest BCUT2D eigenvalue weighted by Crippen LogP contribution is 2.32. The molecule has 3 rings (SSSR count). The normalized spacial score (nSPS) is 13.1. The maximum atomic E-state index is 12.4. The number of rotatable bonds is 8. The Morgan fingerprint density at radius 3 is 1.65 bits per heavy atom. The summed E-state index contributed by atoms with van der Waals surface area (Å²) < 4.78 is 15.7. The van der Waals surface area contributed by atoms with Crippen LogP contribution in [0.25, 0.3) is 11.3 Å². The monoisotopic (exact) mass is 678 g/mol. The zero-order valence-corrected chi connectivity index (χ0v) is 31.0. The number of esters is 1. The van der Waals surface area contributed by atoms with Gasteiger partial charge in [0, 0.05) is 5.56 Å². The number of hydrogen-bond acceptors (Lipinski definition) is 8. The summed E-state index contributed by atoms with van der Waals surface area (Å²) in [6.07, 6.45) is 0.638. The van der Waals surface area contributed by atoms with E-state index in [1.165, 1.54) is 0 Å². The number of carbonyl (C=O) groups is 4. The van der Waals surface area contributed by atoms with E-state index in [1.54, 1.807) is 78.1 Å². The van der Waals surface area contributed by atoms with Crippen molar-refractivity contribution in [3.8, 4) is 11.3 Å². The maximum Gasteiger partial charge on any atom is 0.408 e. The van der Waals surface area contributed by atoms with Gasteiger partial charge in [-0.25, -0.2) is 19.4 Å². The number of hydrogen-bond donors (Lipinski definition) is 3. The first-order valence-corrected chi connectivity index (χ1v) is 16.3. The van der Waals surface area contributed by atoms with Crippen molar-refractivity contribution in [1.82, 2.24) is 20.6 Å². The smallest absolute Gasteiger partial charge is 0.408 e. The Labute approximate surface area is 290 Å². The Bertz CT molecular complexity index is 1520. The molecule has 3 N–H and O–H groups in total. The van der Waals surface area contributed by atoms with Crippen molar-refractivity contribution < 1.29 is 33.4 Å². The average Bonchev–Trinajstić information content (AvgIpc) is 3.45. The summed E-state index contributed by atoms with van der Waals surface area (Å²) in [7, 11) is 0. The lowest BCUT2D eigenvalue weighted by atomic mass is 9.86. The molecular formula is C38H54N4O7. The molecule has 0 spiro atoms. The van der Waals surface area contributed by atoms with Crippen LogP contribution in [-0.2, 0) is 19.0 Å². The Balaban J connectivity index is 0.000000340. The summed E-state index contributed by atoms with van der Waals surface area (Å²) in [5, 5.41) is 5.47. The zero-order chi connectivity index (χ0) is 37.2. The first kappa shape index (κ1) is 40.5. The third-order valence-corrected chi connectivity index (χ3v) is 6.68. The second kappa shape index (κ2) is 16.6. The van der Waals surface area contributed by atoms with Crippen LogP contribution >= 0.6 is 0 Å². The molecule has 0 fully saturated rings. The fraction of sp³-hybridized carbons (Fsp3) is 0.500. The highest BCUT2D eigenvalue weighted by molar-refractivity contribution is 5.98. The maximum absolute atomic E-state index is 12.4. The van der Waals surface area contributed by atoms with Crippen molar-refractivity contribution in [1.29, 1.82) is 0 Å². The van der Waals surface area contributed by atoms with Crippen molar-refractivity contribution in [2.75, 3.05) is 6.61 Å². The summed E-state index contributed by atoms with van der Waals surface area (Å²) in [5.41, 5.74) is 0.395. The molecule has 2 aromatic carbocycles. The Morgan fingerprint density at radius 2 is 1.18 bits per heavy atom. The number of alkyl carbamates (subject to hydrolysis) is 2. The quantitative estimate of drug-likeness (QED) is 0.123. The molecule has 0 bridgehead atoms. The fourth-order valence-electron chi connectivity index (χ4n) is 4.35. The van der Waals surface area contributed by atoms with Gasteiger partial charge in [-0.05, 0) is 57.9 Å². The summed E-state index contributed by atoms with van der Waals surface area (Å²) in [6, 6.07) is 17.3. The summed E-state index contributed by atoms with van der Waals surface area (Å²) in [5.74, 6) is -0.270. The second-order valence-corrected chi connectivity index (χ2v) is 15.8. The van der Waals surface area contributed by atoms with Gasteiger partial charge in [-0.3, -0.25) is 4.79 Å². The standard InChI is InChI=1S/C19H27N3O2.C19H27NO5/c1-18(2,3)15(22-17(23)24-19(4,5)6)16-20-12-14(21-16)13-10-8-7-9-11-13;1-18(2,3)15(20-17(23)25-19(4,5)6)16(22)24-12-14(21)13-10-8-7-9-11-13/h7-12,15H,1-6H3,(H,20,21)(H,22,23);7-11,15H,12H2,1-6H3,(H,20,23)/t2*15-/m00/s1. The lowest BCUT2D eigenvalue weighted by molar-refractivity contribution is -0.147. The number of ketones is 1. The number of Topliss-reactive ketones (excluding diaryl/α,β-unsaturated/α-hetero) is 1. The van der Waals surface area contributed by atoms with Gasteiger partial charge in [0.1, 0.15) is 23.1 Å². The molecule has 0 aliphatic carbocycles. The van der Waals surface area contributed by atoms with Crippen molar-refractivity contribution in [3.63, 3.8) is 0 Å². The predicted octanol–water partition coefficient (Wildman–Crippen LogP) is 8.04. The van der Waals surface area contributed by atoms with Crippen LogP contribution in [0.1, 0.15) is 105 Å². The van der Waals surface area contributed by atoms with Crippen LogP contribution in [0.5, 0.6) is 0 Å². The predicted molar refractivity (Wildman–Crippen MR) is 190 cm³/mol. The van der Waals surface area contributed by atoms with Crippen molar-refractivity contribution in [2.24, 2.45) is 10.8 Å². The van der Waals surface area contributed by atoms with Gasteiger partial charge in [0.2, 0.25) is 0 Å². The number of aromatic amines is 1. The van der Waals surface area contributed by atoms with E-state index in [-0.39, 0.29) is 23.8 Å². The SMILES string of the molecule is CC(C)(C)OC(=O)N[C@@H](C(=O)OCC(=O)c1ccccc1)C(C)(C)C.CC(C)(C)OC(=O)N[C@@H](c1ncc(-c2ccccc2)[nH]1)C(C)(C)C. The number of nitrogens with one attached hydrogen (secondary N) is 3. The molecule has 11 nitrogen and oxygen atoms in total. The highest BCUT2D eigenvalue weighted by atomic mass is 16.6. The average molecular weight is 679 g/mol. The van der Waals surface area contributed by atoms with Gasteiger partial charge >= 0.3 is 18.2 Å².